The van der Waals surface area contributed by atoms with E-state index in [4.69, 9.17) is 18.9 Å². The molecule has 1 saturated carbocycles. The molecule has 9 nitrogen and oxygen atoms in total. The molecule has 2 unspecified atom stereocenters. The number of rotatable bonds is 8. The van der Waals surface area contributed by atoms with Gasteiger partial charge in [-0.1, -0.05) is 12.8 Å². The van der Waals surface area contributed by atoms with Crippen LogP contribution in [0.15, 0.2) is 5.38 Å². The van der Waals surface area contributed by atoms with Crippen molar-refractivity contribution in [2.75, 3.05) is 11.9 Å². The van der Waals surface area contributed by atoms with E-state index in [1.807, 2.05) is 0 Å². The minimum absolute atomic E-state index is 0.172. The molecule has 1 aliphatic rings. The number of nitrogens with one attached hydrogen (secondary N) is 1. The van der Waals surface area contributed by atoms with Crippen LogP contribution in [0.25, 0.3) is 0 Å². The number of anilines is 1. The van der Waals surface area contributed by atoms with Crippen molar-refractivity contribution in [1.29, 1.82) is 0 Å². The van der Waals surface area contributed by atoms with Crippen LogP contribution in [0.3, 0.4) is 0 Å². The van der Waals surface area contributed by atoms with Crippen LogP contribution >= 0.6 is 11.3 Å². The maximum absolute atomic E-state index is 12.9. The Balaban J connectivity index is 2.24. The van der Waals surface area contributed by atoms with Crippen molar-refractivity contribution < 1.29 is 33.3 Å². The van der Waals surface area contributed by atoms with Gasteiger partial charge in [0.2, 0.25) is 0 Å². The molecule has 10 heteroatoms. The molecular formula is C22H34N2O7S. The molecule has 1 amide bonds. The molecule has 1 aliphatic carbocycles. The van der Waals surface area contributed by atoms with Crippen LogP contribution in [0.2, 0.25) is 0 Å². The number of esters is 1. The number of hydrogen-bond donors (Lipinski definition) is 1. The Bertz CT molecular complexity index is 806. The maximum atomic E-state index is 12.9. The predicted octanol–water partition coefficient (Wildman–Crippen LogP) is 5.26. The van der Waals surface area contributed by atoms with Crippen LogP contribution in [0, 0.1) is 5.92 Å². The summed E-state index contributed by atoms with van der Waals surface area (Å²) in [5.74, 6) is -1.12. The summed E-state index contributed by atoms with van der Waals surface area (Å²) in [4.78, 5) is 41.7. The molecular weight excluding hydrogens is 436 g/mol. The van der Waals surface area contributed by atoms with Crippen molar-refractivity contribution in [2.45, 2.75) is 91.0 Å². The molecule has 32 heavy (non-hydrogen) atoms. The fourth-order valence-electron chi connectivity index (χ4n) is 2.90. The number of amides is 1. The van der Waals surface area contributed by atoms with Gasteiger partial charge in [-0.25, -0.2) is 14.6 Å². The van der Waals surface area contributed by atoms with Crippen molar-refractivity contribution in [2.24, 2.45) is 5.92 Å². The van der Waals surface area contributed by atoms with E-state index in [-0.39, 0.29) is 11.7 Å². The summed E-state index contributed by atoms with van der Waals surface area (Å²) in [5, 5.41) is 4.49. The van der Waals surface area contributed by atoms with Crippen LogP contribution in [-0.4, -0.2) is 47.1 Å². The lowest BCUT2D eigenvalue weighted by Crippen LogP contribution is -2.35. The lowest BCUT2D eigenvalue weighted by atomic mass is 9.95. The van der Waals surface area contributed by atoms with Crippen molar-refractivity contribution in [1.82, 2.24) is 4.98 Å². The zero-order valence-corrected chi connectivity index (χ0v) is 20.7. The highest BCUT2D eigenvalue weighted by atomic mass is 32.1. The third kappa shape index (κ3) is 9.02. The Labute approximate surface area is 193 Å². The van der Waals surface area contributed by atoms with E-state index in [9.17, 15) is 14.4 Å². The number of aromatic nitrogens is 1. The van der Waals surface area contributed by atoms with E-state index < -0.39 is 41.4 Å². The first-order chi connectivity index (χ1) is 14.8. The quantitative estimate of drug-likeness (QED) is 0.404. The van der Waals surface area contributed by atoms with Crippen LogP contribution in [0.5, 0.6) is 0 Å². The topological polar surface area (TPSA) is 113 Å². The summed E-state index contributed by atoms with van der Waals surface area (Å²) in [7, 11) is 0. The molecule has 1 aromatic heterocycles. The minimum Gasteiger partial charge on any atom is -0.465 e. The normalized spacial score (nSPS) is 16.0. The van der Waals surface area contributed by atoms with E-state index >= 15 is 0 Å². The average molecular weight is 471 g/mol. The minimum atomic E-state index is -0.937. The van der Waals surface area contributed by atoms with E-state index in [0.717, 1.165) is 24.2 Å². The predicted molar refractivity (Wildman–Crippen MR) is 120 cm³/mol. The molecule has 1 N–H and O–H groups in total. The van der Waals surface area contributed by atoms with Gasteiger partial charge in [-0.2, -0.15) is 0 Å². The van der Waals surface area contributed by atoms with Gasteiger partial charge in [0.1, 0.15) is 23.2 Å². The zero-order chi connectivity index (χ0) is 24.1. The molecule has 0 bridgehead atoms. The molecule has 0 aromatic carbocycles. The van der Waals surface area contributed by atoms with Crippen LogP contribution < -0.4 is 5.32 Å². The van der Waals surface area contributed by atoms with E-state index in [2.05, 4.69) is 10.3 Å². The van der Waals surface area contributed by atoms with Gasteiger partial charge >= 0.3 is 18.2 Å². The largest absolute Gasteiger partial charge is 0.509 e. The third-order valence-electron chi connectivity index (χ3n) is 4.26. The van der Waals surface area contributed by atoms with Crippen molar-refractivity contribution >= 4 is 34.7 Å². The van der Waals surface area contributed by atoms with E-state index in [1.165, 1.54) is 0 Å². The van der Waals surface area contributed by atoms with Crippen molar-refractivity contribution in [3.05, 3.63) is 11.1 Å². The highest BCUT2D eigenvalue weighted by Crippen LogP contribution is 2.39. The first kappa shape index (κ1) is 25.9. The molecule has 2 rings (SSSR count). The first-order valence-electron chi connectivity index (χ1n) is 10.8. The van der Waals surface area contributed by atoms with Crippen LogP contribution in [0.4, 0.5) is 14.7 Å². The summed E-state index contributed by atoms with van der Waals surface area (Å²) < 4.78 is 21.4. The SMILES string of the molecule is CCOC(=O)C(c1csc(NC(=O)OC(C)(C)C)n1)C(CC1CC1)OC(=O)OC(C)(C)C. The lowest BCUT2D eigenvalue weighted by Gasteiger charge is -2.26. The Kier molecular flexibility index (Phi) is 8.50. The van der Waals surface area contributed by atoms with Gasteiger partial charge in [0.15, 0.2) is 5.13 Å². The van der Waals surface area contributed by atoms with Crippen molar-refractivity contribution in [3.63, 3.8) is 0 Å². The zero-order valence-electron chi connectivity index (χ0n) is 19.9. The van der Waals surface area contributed by atoms with E-state index in [1.54, 1.807) is 53.8 Å². The Morgan fingerprint density at radius 3 is 2.28 bits per heavy atom. The number of carbonyl (C=O) groups excluding carboxylic acids is 3. The summed E-state index contributed by atoms with van der Waals surface area (Å²) in [6, 6.07) is 0. The second-order valence-corrected chi connectivity index (χ2v) is 10.6. The molecule has 0 saturated heterocycles. The standard InChI is InChI=1S/C22H34N2O7S/c1-8-28-17(25)16(14-12-32-18(23-14)24-19(26)30-21(2,3)4)15(11-13-9-10-13)29-20(27)31-22(5,6)7/h12-13,15-16H,8-11H2,1-7H3,(H,23,24,26). The number of nitrogens with zero attached hydrogens (tertiary/aromatic N) is 1. The van der Waals surface area contributed by atoms with Gasteiger partial charge < -0.3 is 18.9 Å². The van der Waals surface area contributed by atoms with Crippen LogP contribution in [0.1, 0.15) is 79.3 Å². The number of thiazole rings is 1. The molecule has 1 fully saturated rings. The number of ether oxygens (including phenoxy) is 4. The first-order valence-corrected chi connectivity index (χ1v) is 11.7. The summed E-state index contributed by atoms with van der Waals surface area (Å²) in [6.45, 7) is 12.4. The number of hydrogen-bond acceptors (Lipinski definition) is 9. The molecule has 0 radical (unpaired) electrons. The lowest BCUT2D eigenvalue weighted by molar-refractivity contribution is -0.148. The Hall–Kier alpha value is -2.36. The molecule has 180 valence electrons. The third-order valence-corrected chi connectivity index (χ3v) is 5.04. The van der Waals surface area contributed by atoms with Gasteiger partial charge in [-0.3, -0.25) is 10.1 Å². The highest BCUT2D eigenvalue weighted by molar-refractivity contribution is 7.13. The second-order valence-electron chi connectivity index (χ2n) is 9.73. The fourth-order valence-corrected chi connectivity index (χ4v) is 3.64. The van der Waals surface area contributed by atoms with Gasteiger partial charge in [-0.05, 0) is 60.8 Å². The van der Waals surface area contributed by atoms with Gasteiger partial charge in [0.25, 0.3) is 0 Å². The monoisotopic (exact) mass is 470 g/mol. The van der Waals surface area contributed by atoms with Crippen LogP contribution in [-0.2, 0) is 23.7 Å². The maximum Gasteiger partial charge on any atom is 0.509 e. The molecule has 1 aromatic rings. The summed E-state index contributed by atoms with van der Waals surface area (Å²) >= 11 is 1.15. The van der Waals surface area contributed by atoms with Gasteiger partial charge in [0.05, 0.1) is 12.3 Å². The summed E-state index contributed by atoms with van der Waals surface area (Å²) in [5.41, 5.74) is -1.03. The number of carbonyl (C=O) groups is 3. The molecule has 1 heterocycles. The summed E-state index contributed by atoms with van der Waals surface area (Å²) in [6.07, 6.45) is 0.214. The van der Waals surface area contributed by atoms with E-state index in [0.29, 0.717) is 18.0 Å². The molecule has 2 atom stereocenters. The Morgan fingerprint density at radius 2 is 1.75 bits per heavy atom. The second kappa shape index (κ2) is 10.5. The fraction of sp³-hybridized carbons (Fsp3) is 0.727. The highest BCUT2D eigenvalue weighted by Gasteiger charge is 2.40. The average Bonchev–Trinajstić information content (AvgIpc) is 3.29. The van der Waals surface area contributed by atoms with Gasteiger partial charge in [-0.15, -0.1) is 11.3 Å². The smallest absolute Gasteiger partial charge is 0.465 e. The van der Waals surface area contributed by atoms with Crippen molar-refractivity contribution in [3.8, 4) is 0 Å². The molecule has 0 aliphatic heterocycles. The molecule has 0 spiro atoms. The van der Waals surface area contributed by atoms with Gasteiger partial charge in [0, 0.05) is 5.38 Å². The Morgan fingerprint density at radius 1 is 1.12 bits per heavy atom.